The van der Waals surface area contributed by atoms with Gasteiger partial charge < -0.3 is 5.73 Å². The first kappa shape index (κ1) is 14.3. The van der Waals surface area contributed by atoms with Crippen molar-refractivity contribution in [3.8, 4) is 0 Å². The predicted octanol–water partition coefficient (Wildman–Crippen LogP) is 2.16. The fourth-order valence-electron chi connectivity index (χ4n) is 2.83. The van der Waals surface area contributed by atoms with E-state index in [1.807, 2.05) is 6.20 Å². The smallest absolute Gasteiger partial charge is 0.0695 e. The van der Waals surface area contributed by atoms with Gasteiger partial charge in [0, 0.05) is 18.5 Å². The lowest BCUT2D eigenvalue weighted by atomic mass is 9.90. The van der Waals surface area contributed by atoms with Crippen molar-refractivity contribution < 1.29 is 0 Å². The first-order chi connectivity index (χ1) is 8.70. The van der Waals surface area contributed by atoms with Crippen LogP contribution in [0.5, 0.6) is 0 Å². The number of nitrogens with zero attached hydrogens (tertiary/aromatic N) is 2. The highest BCUT2D eigenvalue weighted by atomic mass is 35.5. The van der Waals surface area contributed by atoms with Gasteiger partial charge in [0.2, 0.25) is 0 Å². The second-order valence-corrected chi connectivity index (χ2v) is 5.73. The Kier molecular flexibility index (Phi) is 4.13. The zero-order valence-electron chi connectivity index (χ0n) is 11.2. The minimum absolute atomic E-state index is 0. The van der Waals surface area contributed by atoms with Crippen molar-refractivity contribution in [2.24, 2.45) is 11.1 Å². The van der Waals surface area contributed by atoms with Crippen molar-refractivity contribution >= 4 is 23.3 Å². The van der Waals surface area contributed by atoms with Crippen LogP contribution in [-0.4, -0.2) is 34.7 Å². The molecule has 0 aliphatic carbocycles. The number of H-pyrrole nitrogens is 1. The number of nitrogens with one attached hydrogen (secondary N) is 1. The molecule has 1 atom stereocenters. The summed E-state index contributed by atoms with van der Waals surface area (Å²) in [6.07, 6.45) is 3.08. The Hall–Kier alpha value is -1.10. The molecular weight excluding hydrogens is 260 g/mol. The number of halogens is 1. The molecule has 0 saturated carbocycles. The fourth-order valence-corrected chi connectivity index (χ4v) is 2.83. The third kappa shape index (κ3) is 2.76. The highest BCUT2D eigenvalue weighted by Crippen LogP contribution is 2.30. The Balaban J connectivity index is 0.00000133. The van der Waals surface area contributed by atoms with Gasteiger partial charge in [-0.2, -0.15) is 5.10 Å². The minimum atomic E-state index is 0. The molecular formula is C14H21ClN4. The van der Waals surface area contributed by atoms with Crippen molar-refractivity contribution in [1.29, 1.82) is 0 Å². The average Bonchev–Trinajstić information content (AvgIpc) is 2.98. The summed E-state index contributed by atoms with van der Waals surface area (Å²) in [7, 11) is 0. The molecule has 3 rings (SSSR count). The molecule has 1 aromatic heterocycles. The van der Waals surface area contributed by atoms with Crippen LogP contribution in [0.15, 0.2) is 24.4 Å². The number of benzene rings is 1. The summed E-state index contributed by atoms with van der Waals surface area (Å²) in [5.74, 6) is 0. The van der Waals surface area contributed by atoms with Crippen molar-refractivity contribution in [3.63, 3.8) is 0 Å². The van der Waals surface area contributed by atoms with Crippen molar-refractivity contribution in [3.05, 3.63) is 30.0 Å². The molecule has 4 nitrogen and oxygen atoms in total. The number of hydrogen-bond donors (Lipinski definition) is 2. The zero-order chi connectivity index (χ0) is 12.6. The van der Waals surface area contributed by atoms with Crippen LogP contribution >= 0.6 is 12.4 Å². The number of aromatic nitrogens is 2. The maximum absolute atomic E-state index is 5.85. The molecule has 3 N–H and O–H groups in total. The third-order valence-corrected chi connectivity index (χ3v) is 4.09. The Morgan fingerprint density at radius 2 is 2.32 bits per heavy atom. The maximum Gasteiger partial charge on any atom is 0.0695 e. The van der Waals surface area contributed by atoms with Gasteiger partial charge in [0.15, 0.2) is 0 Å². The average molecular weight is 281 g/mol. The van der Waals surface area contributed by atoms with Crippen LogP contribution in [0.2, 0.25) is 0 Å². The van der Waals surface area contributed by atoms with Gasteiger partial charge >= 0.3 is 0 Å². The summed E-state index contributed by atoms with van der Waals surface area (Å²) in [4.78, 5) is 2.49. The highest BCUT2D eigenvalue weighted by Gasteiger charge is 2.32. The topological polar surface area (TPSA) is 57.9 Å². The minimum Gasteiger partial charge on any atom is -0.330 e. The SMILES string of the molecule is CC1(CN)CCN(Cc2cccc3cn[nH]c23)C1.Cl. The molecule has 0 bridgehead atoms. The van der Waals surface area contributed by atoms with E-state index in [2.05, 4.69) is 40.2 Å². The largest absolute Gasteiger partial charge is 0.330 e. The van der Waals surface area contributed by atoms with Crippen molar-refractivity contribution in [1.82, 2.24) is 15.1 Å². The summed E-state index contributed by atoms with van der Waals surface area (Å²) in [6.45, 7) is 6.27. The van der Waals surface area contributed by atoms with E-state index >= 15 is 0 Å². The van der Waals surface area contributed by atoms with E-state index in [1.54, 1.807) is 0 Å². The Labute approximate surface area is 119 Å². The van der Waals surface area contributed by atoms with E-state index in [0.717, 1.165) is 26.2 Å². The second kappa shape index (κ2) is 5.49. The normalized spacial score (nSPS) is 23.7. The van der Waals surface area contributed by atoms with E-state index < -0.39 is 0 Å². The van der Waals surface area contributed by atoms with Crippen LogP contribution in [0.4, 0.5) is 0 Å². The quantitative estimate of drug-likeness (QED) is 0.906. The Bertz CT molecular complexity index is 553. The molecule has 1 aliphatic rings. The maximum atomic E-state index is 5.85. The van der Waals surface area contributed by atoms with E-state index in [1.165, 1.54) is 22.9 Å². The van der Waals surface area contributed by atoms with Crippen LogP contribution < -0.4 is 5.73 Å². The molecule has 1 aliphatic heterocycles. The molecule has 1 fully saturated rings. The molecule has 0 radical (unpaired) electrons. The molecule has 2 heterocycles. The number of likely N-dealkylation sites (tertiary alicyclic amines) is 1. The van der Waals surface area contributed by atoms with Crippen LogP contribution in [0.1, 0.15) is 18.9 Å². The first-order valence-electron chi connectivity index (χ1n) is 6.54. The van der Waals surface area contributed by atoms with Gasteiger partial charge in [0.25, 0.3) is 0 Å². The van der Waals surface area contributed by atoms with Gasteiger partial charge in [-0.15, -0.1) is 12.4 Å². The van der Waals surface area contributed by atoms with Crippen molar-refractivity contribution in [2.45, 2.75) is 19.9 Å². The molecule has 104 valence electrons. The summed E-state index contributed by atoms with van der Waals surface area (Å²) >= 11 is 0. The Morgan fingerprint density at radius 3 is 3.05 bits per heavy atom. The monoisotopic (exact) mass is 280 g/mol. The molecule has 2 aromatic rings. The van der Waals surface area contributed by atoms with Gasteiger partial charge in [0.05, 0.1) is 11.7 Å². The third-order valence-electron chi connectivity index (χ3n) is 4.09. The Morgan fingerprint density at radius 1 is 1.47 bits per heavy atom. The van der Waals surface area contributed by atoms with E-state index in [0.29, 0.717) is 5.41 Å². The van der Waals surface area contributed by atoms with Crippen LogP contribution in [0.25, 0.3) is 10.9 Å². The molecule has 0 amide bonds. The van der Waals surface area contributed by atoms with E-state index in [4.69, 9.17) is 5.73 Å². The number of para-hydroxylation sites is 1. The molecule has 5 heteroatoms. The van der Waals surface area contributed by atoms with E-state index in [-0.39, 0.29) is 12.4 Å². The lowest BCUT2D eigenvalue weighted by Gasteiger charge is -2.22. The van der Waals surface area contributed by atoms with Gasteiger partial charge in [0.1, 0.15) is 0 Å². The summed E-state index contributed by atoms with van der Waals surface area (Å²) in [5, 5.41) is 8.40. The van der Waals surface area contributed by atoms with Crippen LogP contribution in [-0.2, 0) is 6.54 Å². The summed E-state index contributed by atoms with van der Waals surface area (Å²) in [6, 6.07) is 6.38. The number of fused-ring (bicyclic) bond motifs is 1. The van der Waals surface area contributed by atoms with Crippen molar-refractivity contribution in [2.75, 3.05) is 19.6 Å². The highest BCUT2D eigenvalue weighted by molar-refractivity contribution is 5.85. The molecule has 19 heavy (non-hydrogen) atoms. The molecule has 1 saturated heterocycles. The van der Waals surface area contributed by atoms with Gasteiger partial charge in [-0.3, -0.25) is 10.00 Å². The number of nitrogens with two attached hydrogens (primary N) is 1. The lowest BCUT2D eigenvalue weighted by Crippen LogP contribution is -2.31. The zero-order valence-corrected chi connectivity index (χ0v) is 12.0. The van der Waals surface area contributed by atoms with Gasteiger partial charge in [-0.05, 0) is 30.5 Å². The number of hydrogen-bond acceptors (Lipinski definition) is 3. The second-order valence-electron chi connectivity index (χ2n) is 5.73. The molecule has 1 aromatic carbocycles. The summed E-state index contributed by atoms with van der Waals surface area (Å²) in [5.41, 5.74) is 8.64. The molecule has 1 unspecified atom stereocenters. The van der Waals surface area contributed by atoms with Gasteiger partial charge in [-0.1, -0.05) is 25.1 Å². The first-order valence-corrected chi connectivity index (χ1v) is 6.54. The fraction of sp³-hybridized carbons (Fsp3) is 0.500. The van der Waals surface area contributed by atoms with Crippen LogP contribution in [0.3, 0.4) is 0 Å². The predicted molar refractivity (Wildman–Crippen MR) is 80.4 cm³/mol. The molecule has 0 spiro atoms. The van der Waals surface area contributed by atoms with Crippen LogP contribution in [0, 0.1) is 5.41 Å². The lowest BCUT2D eigenvalue weighted by molar-refractivity contribution is 0.275. The number of aromatic amines is 1. The number of rotatable bonds is 3. The standard InChI is InChI=1S/C14H20N4.ClH/c1-14(9-15)5-6-18(10-14)8-12-4-2-3-11-7-16-17-13(11)12;/h2-4,7H,5-6,8-10,15H2,1H3,(H,16,17);1H. The van der Waals surface area contributed by atoms with Gasteiger partial charge in [-0.25, -0.2) is 0 Å². The summed E-state index contributed by atoms with van der Waals surface area (Å²) < 4.78 is 0. The van der Waals surface area contributed by atoms with E-state index in [9.17, 15) is 0 Å².